The van der Waals surface area contributed by atoms with E-state index in [9.17, 15) is 4.79 Å². The highest BCUT2D eigenvalue weighted by atomic mass is 35.5. The molecule has 1 aromatic carbocycles. The van der Waals surface area contributed by atoms with Crippen molar-refractivity contribution in [1.82, 2.24) is 10.1 Å². The maximum Gasteiger partial charge on any atom is 0.505 e. The summed E-state index contributed by atoms with van der Waals surface area (Å²) in [5.41, 5.74) is -0.795. The summed E-state index contributed by atoms with van der Waals surface area (Å²) in [4.78, 5) is 17.6. The molecule has 0 aliphatic carbocycles. The first-order valence-electron chi connectivity index (χ1n) is 9.66. The average Bonchev–Trinajstić information content (AvgIpc) is 3.40. The molecule has 31 heavy (non-hydrogen) atoms. The molecule has 1 aliphatic rings. The van der Waals surface area contributed by atoms with Gasteiger partial charge in [-0.05, 0) is 58.0 Å². The van der Waals surface area contributed by atoms with Gasteiger partial charge in [0.1, 0.15) is 11.1 Å². The Morgan fingerprint density at radius 3 is 2.52 bits per heavy atom. The molecule has 4 aromatic rings. The van der Waals surface area contributed by atoms with Gasteiger partial charge in [-0.2, -0.15) is 4.98 Å². The molecule has 0 spiro atoms. The van der Waals surface area contributed by atoms with Crippen LogP contribution in [-0.2, 0) is 9.31 Å². The topological polar surface area (TPSA) is 87.6 Å². The molecule has 5 rings (SSSR count). The van der Waals surface area contributed by atoms with Crippen molar-refractivity contribution in [3.8, 4) is 22.2 Å². The molecule has 158 valence electrons. The summed E-state index contributed by atoms with van der Waals surface area (Å²) in [6.45, 7) is 8.04. The summed E-state index contributed by atoms with van der Waals surface area (Å²) in [6, 6.07) is 10.4. The van der Waals surface area contributed by atoms with Crippen LogP contribution in [-0.4, -0.2) is 28.5 Å². The van der Waals surface area contributed by atoms with Crippen molar-refractivity contribution >= 4 is 45.8 Å². The standard InChI is InChI=1S/C21H18BClN2O5S/c1-20(2)21(3,4)30-22(29-20)16-8-7-15(31-16)17-24-18(28-25-17)13-10-11-9-12(23)5-6-14(11)27-19(13)26/h5-10H,1-4H3. The molecule has 0 amide bonds. The molecule has 4 heterocycles. The molecular formula is C21H18BClN2O5S. The van der Waals surface area contributed by atoms with Crippen molar-refractivity contribution in [2.45, 2.75) is 38.9 Å². The van der Waals surface area contributed by atoms with Crippen molar-refractivity contribution in [2.24, 2.45) is 0 Å². The molecule has 0 bridgehead atoms. The smallest absolute Gasteiger partial charge is 0.422 e. The number of hydrogen-bond donors (Lipinski definition) is 0. The van der Waals surface area contributed by atoms with Crippen molar-refractivity contribution in [2.75, 3.05) is 0 Å². The molecule has 10 heteroatoms. The third-order valence-corrected chi connectivity index (χ3v) is 7.02. The van der Waals surface area contributed by atoms with Gasteiger partial charge in [-0.3, -0.25) is 0 Å². The van der Waals surface area contributed by atoms with Crippen LogP contribution in [0.1, 0.15) is 27.7 Å². The van der Waals surface area contributed by atoms with Gasteiger partial charge in [-0.15, -0.1) is 11.3 Å². The van der Waals surface area contributed by atoms with Crippen molar-refractivity contribution in [3.63, 3.8) is 0 Å². The highest BCUT2D eigenvalue weighted by Crippen LogP contribution is 2.37. The molecule has 1 aliphatic heterocycles. The van der Waals surface area contributed by atoms with Gasteiger partial charge in [0.15, 0.2) is 0 Å². The number of halogens is 1. The summed E-state index contributed by atoms with van der Waals surface area (Å²) in [5.74, 6) is 0.449. The second-order valence-electron chi connectivity index (χ2n) is 8.34. The third-order valence-electron chi connectivity index (χ3n) is 5.68. The normalized spacial score (nSPS) is 17.5. The van der Waals surface area contributed by atoms with Crippen LogP contribution in [0.4, 0.5) is 0 Å². The first-order valence-corrected chi connectivity index (χ1v) is 10.9. The molecule has 0 radical (unpaired) electrons. The molecule has 0 atom stereocenters. The summed E-state index contributed by atoms with van der Waals surface area (Å²) >= 11 is 7.49. The van der Waals surface area contributed by atoms with E-state index >= 15 is 0 Å². The zero-order valence-corrected chi connectivity index (χ0v) is 18.8. The highest BCUT2D eigenvalue weighted by Gasteiger charge is 2.52. The van der Waals surface area contributed by atoms with Crippen LogP contribution in [0.15, 0.2) is 50.1 Å². The Morgan fingerprint density at radius 2 is 1.77 bits per heavy atom. The lowest BCUT2D eigenvalue weighted by Crippen LogP contribution is -2.41. The summed E-state index contributed by atoms with van der Waals surface area (Å²) < 4.78 is 23.8. The molecule has 3 aromatic heterocycles. The largest absolute Gasteiger partial charge is 0.505 e. The Hall–Kier alpha value is -2.46. The van der Waals surface area contributed by atoms with Crippen molar-refractivity contribution in [3.05, 3.63) is 51.8 Å². The van der Waals surface area contributed by atoms with E-state index in [-0.39, 0.29) is 11.5 Å². The third kappa shape index (κ3) is 3.51. The predicted octanol–water partition coefficient (Wildman–Crippen LogP) is 4.52. The molecule has 7 nitrogen and oxygen atoms in total. The molecule has 0 saturated carbocycles. The first kappa shape index (κ1) is 20.4. The Morgan fingerprint density at radius 1 is 1.03 bits per heavy atom. The summed E-state index contributed by atoms with van der Waals surface area (Å²) in [7, 11) is -0.465. The number of nitrogens with zero attached hydrogens (tertiary/aromatic N) is 2. The van der Waals surface area contributed by atoms with Crippen LogP contribution in [0, 0.1) is 0 Å². The number of benzene rings is 1. The molecule has 0 unspecified atom stereocenters. The lowest BCUT2D eigenvalue weighted by atomic mass is 9.88. The molecule has 0 N–H and O–H groups in total. The Balaban J connectivity index is 1.45. The monoisotopic (exact) mass is 456 g/mol. The fraction of sp³-hybridized carbons (Fsp3) is 0.286. The van der Waals surface area contributed by atoms with Gasteiger partial charge in [0, 0.05) is 15.2 Å². The van der Waals surface area contributed by atoms with Gasteiger partial charge in [0.25, 0.3) is 5.89 Å². The number of rotatable bonds is 3. The molecule has 1 fully saturated rings. The SMILES string of the molecule is CC1(C)OB(c2ccc(-c3noc(-c4cc5cc(Cl)ccc5oc4=O)n3)s2)OC1(C)C. The fourth-order valence-electron chi connectivity index (χ4n) is 3.24. The van der Waals surface area contributed by atoms with E-state index in [1.54, 1.807) is 24.3 Å². The minimum Gasteiger partial charge on any atom is -0.422 e. The van der Waals surface area contributed by atoms with Crippen molar-refractivity contribution < 1.29 is 18.2 Å². The van der Waals surface area contributed by atoms with E-state index in [2.05, 4.69) is 10.1 Å². The van der Waals surface area contributed by atoms with Crippen LogP contribution in [0.3, 0.4) is 0 Å². The quantitative estimate of drug-likeness (QED) is 0.331. The maximum atomic E-state index is 12.4. The van der Waals surface area contributed by atoms with E-state index in [1.807, 2.05) is 39.8 Å². The van der Waals surface area contributed by atoms with Crippen molar-refractivity contribution in [1.29, 1.82) is 0 Å². The lowest BCUT2D eigenvalue weighted by Gasteiger charge is -2.32. The number of hydrogen-bond acceptors (Lipinski definition) is 8. The number of aromatic nitrogens is 2. The fourth-order valence-corrected chi connectivity index (χ4v) is 4.31. The van der Waals surface area contributed by atoms with E-state index < -0.39 is 23.9 Å². The Labute approximate surface area is 187 Å². The maximum absolute atomic E-state index is 12.4. The van der Waals surface area contributed by atoms with Crippen LogP contribution < -0.4 is 10.4 Å². The van der Waals surface area contributed by atoms with Crippen LogP contribution in [0.5, 0.6) is 0 Å². The van der Waals surface area contributed by atoms with Gasteiger partial charge >= 0.3 is 12.7 Å². The van der Waals surface area contributed by atoms with Gasteiger partial charge < -0.3 is 18.2 Å². The van der Waals surface area contributed by atoms with E-state index in [0.717, 1.165) is 9.65 Å². The second-order valence-corrected chi connectivity index (χ2v) is 9.89. The predicted molar refractivity (Wildman–Crippen MR) is 120 cm³/mol. The van der Waals surface area contributed by atoms with Gasteiger partial charge in [-0.1, -0.05) is 22.8 Å². The van der Waals surface area contributed by atoms with Crippen LogP contribution >= 0.6 is 22.9 Å². The van der Waals surface area contributed by atoms with Gasteiger partial charge in [-0.25, -0.2) is 4.79 Å². The highest BCUT2D eigenvalue weighted by molar-refractivity contribution is 7.25. The minimum atomic E-state index is -0.561. The Bertz CT molecular complexity index is 1340. The zero-order chi connectivity index (χ0) is 22.0. The summed E-state index contributed by atoms with van der Waals surface area (Å²) in [6.07, 6.45) is 0. The minimum absolute atomic E-state index is 0.0798. The first-order chi connectivity index (χ1) is 14.6. The zero-order valence-electron chi connectivity index (χ0n) is 17.3. The molecule has 1 saturated heterocycles. The summed E-state index contributed by atoms with van der Waals surface area (Å²) in [5, 5.41) is 5.24. The van der Waals surface area contributed by atoms with Gasteiger partial charge in [0.05, 0.1) is 16.1 Å². The average molecular weight is 457 g/mol. The van der Waals surface area contributed by atoms with Crippen LogP contribution in [0.25, 0.3) is 33.1 Å². The van der Waals surface area contributed by atoms with E-state index in [0.29, 0.717) is 21.8 Å². The Kier molecular flexibility index (Phi) is 4.64. The van der Waals surface area contributed by atoms with E-state index in [4.69, 9.17) is 29.8 Å². The lowest BCUT2D eigenvalue weighted by molar-refractivity contribution is 0.00578. The van der Waals surface area contributed by atoms with Crippen LogP contribution in [0.2, 0.25) is 5.02 Å². The number of thiophene rings is 1. The van der Waals surface area contributed by atoms with Gasteiger partial charge in [0.2, 0.25) is 5.82 Å². The second kappa shape index (κ2) is 7.03. The number of fused-ring (bicyclic) bond motifs is 1. The molecular weight excluding hydrogens is 439 g/mol. The van der Waals surface area contributed by atoms with E-state index in [1.165, 1.54) is 11.3 Å².